The van der Waals surface area contributed by atoms with Crippen molar-refractivity contribution in [3.05, 3.63) is 42.1 Å². The van der Waals surface area contributed by atoms with E-state index in [0.717, 1.165) is 6.07 Å². The van der Waals surface area contributed by atoms with E-state index in [1.165, 1.54) is 18.5 Å². The molecule has 0 unspecified atom stereocenters. The second-order valence-corrected chi connectivity index (χ2v) is 5.89. The third kappa shape index (κ3) is 3.59. The van der Waals surface area contributed by atoms with E-state index in [9.17, 15) is 18.0 Å². The molecule has 6 nitrogen and oxygen atoms in total. The molecule has 9 heteroatoms. The fraction of sp³-hybridized carbons (Fsp3) is 0.438. The number of anilines is 1. The lowest BCUT2D eigenvalue weighted by atomic mass is 10.2. The molecule has 0 atom stereocenters. The van der Waals surface area contributed by atoms with Gasteiger partial charge in [0.25, 0.3) is 5.91 Å². The topological polar surface area (TPSA) is 54.3 Å². The summed E-state index contributed by atoms with van der Waals surface area (Å²) in [5, 5.41) is 0. The first-order valence-electron chi connectivity index (χ1n) is 7.90. The average molecular weight is 353 g/mol. The van der Waals surface area contributed by atoms with Crippen LogP contribution in [-0.2, 0) is 13.2 Å². The lowest BCUT2D eigenvalue weighted by molar-refractivity contribution is -0.137. The number of rotatable bonds is 2. The Morgan fingerprint density at radius 3 is 2.68 bits per heavy atom. The Labute approximate surface area is 142 Å². The summed E-state index contributed by atoms with van der Waals surface area (Å²) in [4.78, 5) is 23.7. The molecule has 1 amide bonds. The monoisotopic (exact) mass is 353 g/mol. The maximum Gasteiger partial charge on any atom is 0.419 e. The van der Waals surface area contributed by atoms with Gasteiger partial charge in [0.15, 0.2) is 0 Å². The summed E-state index contributed by atoms with van der Waals surface area (Å²) in [7, 11) is 1.73. The average Bonchev–Trinajstić information content (AvgIpc) is 2.85. The van der Waals surface area contributed by atoms with Crippen LogP contribution in [0, 0.1) is 0 Å². The van der Waals surface area contributed by atoms with Gasteiger partial charge in [0.05, 0.1) is 18.1 Å². The van der Waals surface area contributed by atoms with E-state index in [4.69, 9.17) is 0 Å². The number of amides is 1. The molecule has 0 N–H and O–H groups in total. The summed E-state index contributed by atoms with van der Waals surface area (Å²) >= 11 is 0. The maximum atomic E-state index is 13.2. The van der Waals surface area contributed by atoms with Crippen LogP contribution in [0.1, 0.15) is 22.5 Å². The number of halogens is 3. The second-order valence-electron chi connectivity index (χ2n) is 5.89. The zero-order valence-corrected chi connectivity index (χ0v) is 13.7. The highest BCUT2D eigenvalue weighted by Gasteiger charge is 2.36. The molecule has 3 heterocycles. The standard InChI is InChI=1S/C16H18F3N5O/c1-22-11-20-10-13(22)15(25)24-7-3-6-23(8-9-24)14-12(16(17,18)19)4-2-5-21-14/h2,4-5,10-11H,3,6-9H2,1H3. The van der Waals surface area contributed by atoms with Gasteiger partial charge < -0.3 is 14.4 Å². The van der Waals surface area contributed by atoms with Crippen LogP contribution >= 0.6 is 0 Å². The van der Waals surface area contributed by atoms with Crippen LogP contribution in [0.4, 0.5) is 19.0 Å². The fourth-order valence-electron chi connectivity index (χ4n) is 2.93. The van der Waals surface area contributed by atoms with E-state index in [2.05, 4.69) is 9.97 Å². The Morgan fingerprint density at radius 1 is 1.20 bits per heavy atom. The predicted molar refractivity (Wildman–Crippen MR) is 85.2 cm³/mol. The van der Waals surface area contributed by atoms with Crippen molar-refractivity contribution in [1.29, 1.82) is 0 Å². The van der Waals surface area contributed by atoms with Gasteiger partial charge in [-0.15, -0.1) is 0 Å². The van der Waals surface area contributed by atoms with Crippen LogP contribution in [-0.4, -0.2) is 51.5 Å². The Balaban J connectivity index is 1.77. The number of aryl methyl sites for hydroxylation is 1. The summed E-state index contributed by atoms with van der Waals surface area (Å²) < 4.78 is 41.2. The SMILES string of the molecule is Cn1cncc1C(=O)N1CCCN(c2ncccc2C(F)(F)F)CC1. The van der Waals surface area contributed by atoms with Crippen LogP contribution in [0.15, 0.2) is 30.9 Å². The highest BCUT2D eigenvalue weighted by atomic mass is 19.4. The quantitative estimate of drug-likeness (QED) is 0.831. The molecule has 3 rings (SSSR count). The van der Waals surface area contributed by atoms with Gasteiger partial charge in [-0.05, 0) is 18.6 Å². The number of hydrogen-bond acceptors (Lipinski definition) is 4. The van der Waals surface area contributed by atoms with Gasteiger partial charge in [-0.25, -0.2) is 9.97 Å². The predicted octanol–water partition coefficient (Wildman–Crippen LogP) is 2.19. The summed E-state index contributed by atoms with van der Waals surface area (Å²) in [5.41, 5.74) is -0.288. The van der Waals surface area contributed by atoms with Crippen molar-refractivity contribution in [2.24, 2.45) is 7.05 Å². The van der Waals surface area contributed by atoms with E-state index in [1.54, 1.807) is 27.7 Å². The molecule has 0 aromatic carbocycles. The zero-order chi connectivity index (χ0) is 18.0. The maximum absolute atomic E-state index is 13.2. The summed E-state index contributed by atoms with van der Waals surface area (Å²) in [5.74, 6) is -0.247. The molecule has 1 aliphatic rings. The molecule has 1 fully saturated rings. The highest BCUT2D eigenvalue weighted by Crippen LogP contribution is 2.35. The van der Waals surface area contributed by atoms with Crippen molar-refractivity contribution in [1.82, 2.24) is 19.4 Å². The summed E-state index contributed by atoms with van der Waals surface area (Å²) in [6.07, 6.45) is 0.498. The van der Waals surface area contributed by atoms with Gasteiger partial charge in [0.2, 0.25) is 0 Å². The van der Waals surface area contributed by atoms with Crippen LogP contribution in [0.2, 0.25) is 0 Å². The second kappa shape index (κ2) is 6.73. The lowest BCUT2D eigenvalue weighted by Crippen LogP contribution is -2.36. The van der Waals surface area contributed by atoms with Gasteiger partial charge in [-0.3, -0.25) is 4.79 Å². The molecule has 0 bridgehead atoms. The molecule has 0 aliphatic carbocycles. The van der Waals surface area contributed by atoms with Gasteiger partial charge >= 0.3 is 6.18 Å². The van der Waals surface area contributed by atoms with Gasteiger partial charge in [0, 0.05) is 39.4 Å². The Kier molecular flexibility index (Phi) is 4.65. The van der Waals surface area contributed by atoms with Crippen LogP contribution < -0.4 is 4.90 Å². The number of imidazole rings is 1. The zero-order valence-electron chi connectivity index (χ0n) is 13.7. The third-order valence-electron chi connectivity index (χ3n) is 4.21. The molecule has 0 radical (unpaired) electrons. The molecule has 1 aliphatic heterocycles. The normalized spacial score (nSPS) is 16.0. The van der Waals surface area contributed by atoms with E-state index < -0.39 is 11.7 Å². The summed E-state index contributed by atoms with van der Waals surface area (Å²) in [6, 6.07) is 2.31. The first-order valence-corrected chi connectivity index (χ1v) is 7.90. The van der Waals surface area contributed by atoms with Crippen molar-refractivity contribution < 1.29 is 18.0 Å². The minimum atomic E-state index is -4.46. The van der Waals surface area contributed by atoms with Crippen molar-refractivity contribution >= 4 is 11.7 Å². The Bertz CT molecular complexity index is 758. The van der Waals surface area contributed by atoms with Gasteiger partial charge in [-0.1, -0.05) is 0 Å². The van der Waals surface area contributed by atoms with Crippen molar-refractivity contribution in [2.75, 3.05) is 31.1 Å². The molecule has 0 spiro atoms. The number of hydrogen-bond donors (Lipinski definition) is 0. The third-order valence-corrected chi connectivity index (χ3v) is 4.21. The van der Waals surface area contributed by atoms with Crippen LogP contribution in [0.3, 0.4) is 0 Å². The Morgan fingerprint density at radius 2 is 2.00 bits per heavy atom. The number of aromatic nitrogens is 3. The lowest BCUT2D eigenvalue weighted by Gasteiger charge is -2.25. The molecule has 25 heavy (non-hydrogen) atoms. The molecular formula is C16H18F3N5O. The summed E-state index contributed by atoms with van der Waals surface area (Å²) in [6.45, 7) is 1.52. The van der Waals surface area contributed by atoms with Crippen molar-refractivity contribution in [2.45, 2.75) is 12.6 Å². The number of carbonyl (C=O) groups is 1. The molecule has 0 saturated carbocycles. The number of nitrogens with zero attached hydrogens (tertiary/aromatic N) is 5. The van der Waals surface area contributed by atoms with Crippen molar-refractivity contribution in [3.8, 4) is 0 Å². The van der Waals surface area contributed by atoms with Gasteiger partial charge in [0.1, 0.15) is 11.5 Å². The van der Waals surface area contributed by atoms with E-state index in [1.807, 2.05) is 0 Å². The minimum absolute atomic E-state index is 0.0789. The van der Waals surface area contributed by atoms with E-state index in [0.29, 0.717) is 38.3 Å². The number of alkyl halides is 3. The number of carbonyl (C=O) groups excluding carboxylic acids is 1. The van der Waals surface area contributed by atoms with Crippen LogP contribution in [0.5, 0.6) is 0 Å². The molecule has 2 aromatic rings. The molecular weight excluding hydrogens is 335 g/mol. The number of pyridine rings is 1. The van der Waals surface area contributed by atoms with E-state index in [-0.39, 0.29) is 11.7 Å². The Hall–Kier alpha value is -2.58. The molecule has 1 saturated heterocycles. The molecule has 2 aromatic heterocycles. The first-order chi connectivity index (χ1) is 11.9. The largest absolute Gasteiger partial charge is 0.419 e. The van der Waals surface area contributed by atoms with Gasteiger partial charge in [-0.2, -0.15) is 13.2 Å². The minimum Gasteiger partial charge on any atom is -0.354 e. The van der Waals surface area contributed by atoms with Crippen molar-refractivity contribution in [3.63, 3.8) is 0 Å². The van der Waals surface area contributed by atoms with Crippen LogP contribution in [0.25, 0.3) is 0 Å². The van der Waals surface area contributed by atoms with E-state index >= 15 is 0 Å². The smallest absolute Gasteiger partial charge is 0.354 e. The highest BCUT2D eigenvalue weighted by molar-refractivity contribution is 5.92. The first kappa shape index (κ1) is 17.2. The molecule has 134 valence electrons. The fourth-order valence-corrected chi connectivity index (χ4v) is 2.93.